The Balaban J connectivity index is 2.28. The number of carbonyl (C=O) groups excluding carboxylic acids is 1. The molecule has 0 atom stereocenters. The van der Waals surface area contributed by atoms with Crippen molar-refractivity contribution in [1.29, 1.82) is 0 Å². The van der Waals surface area contributed by atoms with E-state index in [1.807, 2.05) is 11.8 Å². The highest BCUT2D eigenvalue weighted by molar-refractivity contribution is 8.00. The van der Waals surface area contributed by atoms with Crippen LogP contribution in [0.1, 0.15) is 13.8 Å². The number of hydrogen-bond donors (Lipinski definition) is 2. The monoisotopic (exact) mass is 232 g/mol. The van der Waals surface area contributed by atoms with Gasteiger partial charge in [-0.15, -0.1) is 0 Å². The predicted molar refractivity (Wildman–Crippen MR) is 63.1 cm³/mol. The Kier molecular flexibility index (Phi) is 4.89. The Bertz CT molecular complexity index is 221. The van der Waals surface area contributed by atoms with E-state index in [0.29, 0.717) is 13.1 Å². The number of carbonyl (C=O) groups is 1. The number of aliphatic hydroxyl groups excluding tert-OH is 1. The molecule has 1 heterocycles. The average Bonchev–Trinajstić information content (AvgIpc) is 2.13. The highest BCUT2D eigenvalue weighted by atomic mass is 32.2. The Morgan fingerprint density at radius 3 is 2.93 bits per heavy atom. The number of thioether (sulfide) groups is 1. The van der Waals surface area contributed by atoms with Crippen LogP contribution in [-0.2, 0) is 4.79 Å². The van der Waals surface area contributed by atoms with E-state index in [2.05, 4.69) is 24.1 Å². The van der Waals surface area contributed by atoms with E-state index in [9.17, 15) is 4.79 Å². The molecule has 4 nitrogen and oxygen atoms in total. The summed E-state index contributed by atoms with van der Waals surface area (Å²) in [6.07, 6.45) is 0. The summed E-state index contributed by atoms with van der Waals surface area (Å²) < 4.78 is 0.246. The molecule has 0 aliphatic carbocycles. The molecule has 88 valence electrons. The number of nitrogens with one attached hydrogen (secondary N) is 1. The smallest absolute Gasteiger partial charge is 0.234 e. The fourth-order valence-electron chi connectivity index (χ4n) is 1.70. The van der Waals surface area contributed by atoms with Crippen LogP contribution in [0.3, 0.4) is 0 Å². The van der Waals surface area contributed by atoms with Gasteiger partial charge in [0, 0.05) is 30.1 Å². The highest BCUT2D eigenvalue weighted by Gasteiger charge is 2.27. The summed E-state index contributed by atoms with van der Waals surface area (Å²) in [6, 6.07) is 0. The van der Waals surface area contributed by atoms with Crippen LogP contribution in [-0.4, -0.2) is 59.2 Å². The summed E-state index contributed by atoms with van der Waals surface area (Å²) >= 11 is 1.96. The minimum Gasteiger partial charge on any atom is -0.395 e. The normalized spacial score (nSPS) is 21.3. The Morgan fingerprint density at radius 2 is 2.33 bits per heavy atom. The molecular weight excluding hydrogens is 212 g/mol. The number of nitrogens with zero attached hydrogens (tertiary/aromatic N) is 1. The third-order valence-corrected chi connectivity index (χ3v) is 3.60. The first-order chi connectivity index (χ1) is 7.03. The maximum atomic E-state index is 11.4. The minimum atomic E-state index is 0.00625. The van der Waals surface area contributed by atoms with E-state index in [4.69, 9.17) is 5.11 Å². The summed E-state index contributed by atoms with van der Waals surface area (Å²) in [5.41, 5.74) is 0. The van der Waals surface area contributed by atoms with Gasteiger partial charge in [0.25, 0.3) is 0 Å². The molecule has 1 rings (SSSR count). The first-order valence-electron chi connectivity index (χ1n) is 5.27. The molecule has 1 fully saturated rings. The van der Waals surface area contributed by atoms with Crippen molar-refractivity contribution >= 4 is 17.7 Å². The molecule has 1 saturated heterocycles. The van der Waals surface area contributed by atoms with Crippen LogP contribution in [0.5, 0.6) is 0 Å². The second-order valence-electron chi connectivity index (χ2n) is 4.39. The third-order valence-electron chi connectivity index (χ3n) is 2.31. The second kappa shape index (κ2) is 5.72. The average molecular weight is 232 g/mol. The van der Waals surface area contributed by atoms with Crippen molar-refractivity contribution < 1.29 is 9.90 Å². The van der Waals surface area contributed by atoms with Crippen molar-refractivity contribution in [3.63, 3.8) is 0 Å². The molecule has 0 aromatic rings. The number of hydrogen-bond acceptors (Lipinski definition) is 4. The fraction of sp³-hybridized carbons (Fsp3) is 0.900. The minimum absolute atomic E-state index is 0.00625. The molecule has 15 heavy (non-hydrogen) atoms. The van der Waals surface area contributed by atoms with Crippen molar-refractivity contribution in [2.75, 3.05) is 38.5 Å². The molecule has 2 N–H and O–H groups in total. The van der Waals surface area contributed by atoms with Gasteiger partial charge in [-0.1, -0.05) is 0 Å². The molecule has 0 spiro atoms. The van der Waals surface area contributed by atoms with Gasteiger partial charge < -0.3 is 10.4 Å². The topological polar surface area (TPSA) is 52.6 Å². The summed E-state index contributed by atoms with van der Waals surface area (Å²) in [6.45, 7) is 7.14. The van der Waals surface area contributed by atoms with Gasteiger partial charge in [0.05, 0.1) is 13.2 Å². The second-order valence-corrected chi connectivity index (χ2v) is 6.19. The first kappa shape index (κ1) is 12.8. The third kappa shape index (κ3) is 4.86. The number of aliphatic hydroxyl groups is 1. The molecule has 0 aromatic heterocycles. The summed E-state index contributed by atoms with van der Waals surface area (Å²) in [4.78, 5) is 13.6. The van der Waals surface area contributed by atoms with Crippen molar-refractivity contribution in [3.05, 3.63) is 0 Å². The van der Waals surface area contributed by atoms with Crippen LogP contribution in [0.4, 0.5) is 0 Å². The molecule has 0 radical (unpaired) electrons. The lowest BCUT2D eigenvalue weighted by Crippen LogP contribution is -2.47. The molecule has 0 aromatic carbocycles. The van der Waals surface area contributed by atoms with E-state index < -0.39 is 0 Å². The zero-order valence-corrected chi connectivity index (χ0v) is 10.3. The van der Waals surface area contributed by atoms with Crippen LogP contribution in [0, 0.1) is 0 Å². The van der Waals surface area contributed by atoms with Gasteiger partial charge in [0.15, 0.2) is 0 Å². The van der Waals surface area contributed by atoms with E-state index in [1.54, 1.807) is 0 Å². The first-order valence-corrected chi connectivity index (χ1v) is 6.26. The molecule has 1 amide bonds. The Hall–Kier alpha value is -0.260. The molecule has 1 aliphatic heterocycles. The summed E-state index contributed by atoms with van der Waals surface area (Å²) in [7, 11) is 0. The quantitative estimate of drug-likeness (QED) is 0.712. The largest absolute Gasteiger partial charge is 0.395 e. The van der Waals surface area contributed by atoms with Crippen molar-refractivity contribution in [2.24, 2.45) is 0 Å². The molecule has 5 heteroatoms. The van der Waals surface area contributed by atoms with Gasteiger partial charge in [-0.2, -0.15) is 11.8 Å². The molecule has 0 bridgehead atoms. The molecule has 0 unspecified atom stereocenters. The van der Waals surface area contributed by atoms with Gasteiger partial charge >= 0.3 is 0 Å². The Morgan fingerprint density at radius 1 is 1.60 bits per heavy atom. The van der Waals surface area contributed by atoms with Crippen molar-refractivity contribution in [3.8, 4) is 0 Å². The lowest BCUT2D eigenvalue weighted by molar-refractivity contribution is -0.122. The van der Waals surface area contributed by atoms with Crippen LogP contribution < -0.4 is 5.32 Å². The number of rotatable bonds is 4. The maximum absolute atomic E-state index is 11.4. The van der Waals surface area contributed by atoms with Gasteiger partial charge in [-0.05, 0) is 13.8 Å². The van der Waals surface area contributed by atoms with E-state index in [1.165, 1.54) is 0 Å². The fourth-order valence-corrected chi connectivity index (χ4v) is 2.88. The lowest BCUT2D eigenvalue weighted by atomic mass is 10.2. The standard InChI is InChI=1S/C10H20N2O2S/c1-10(2)8-12(4-6-15-10)7-9(14)11-3-5-13/h13H,3-8H2,1-2H3,(H,11,14). The van der Waals surface area contributed by atoms with Crippen molar-refractivity contribution in [2.45, 2.75) is 18.6 Å². The zero-order valence-electron chi connectivity index (χ0n) is 9.45. The van der Waals surface area contributed by atoms with Crippen LogP contribution >= 0.6 is 11.8 Å². The van der Waals surface area contributed by atoms with Crippen LogP contribution in [0.25, 0.3) is 0 Å². The molecular formula is C10H20N2O2S. The molecule has 1 aliphatic rings. The maximum Gasteiger partial charge on any atom is 0.234 e. The van der Waals surface area contributed by atoms with E-state index in [0.717, 1.165) is 18.8 Å². The highest BCUT2D eigenvalue weighted by Crippen LogP contribution is 2.29. The Labute approximate surface area is 95.4 Å². The predicted octanol–water partition coefficient (Wildman–Crippen LogP) is -0.0777. The van der Waals surface area contributed by atoms with Gasteiger partial charge in [-0.25, -0.2) is 0 Å². The van der Waals surface area contributed by atoms with Gasteiger partial charge in [-0.3, -0.25) is 9.69 Å². The van der Waals surface area contributed by atoms with Crippen molar-refractivity contribution in [1.82, 2.24) is 10.2 Å². The van der Waals surface area contributed by atoms with E-state index in [-0.39, 0.29) is 17.3 Å². The SMILES string of the molecule is CC1(C)CN(CC(=O)NCCO)CCS1. The van der Waals surface area contributed by atoms with Crippen LogP contribution in [0.15, 0.2) is 0 Å². The lowest BCUT2D eigenvalue weighted by Gasteiger charge is -2.37. The van der Waals surface area contributed by atoms with Crippen LogP contribution in [0.2, 0.25) is 0 Å². The van der Waals surface area contributed by atoms with Gasteiger partial charge in [0.1, 0.15) is 0 Å². The van der Waals surface area contributed by atoms with E-state index >= 15 is 0 Å². The number of amides is 1. The molecule has 0 saturated carbocycles. The summed E-state index contributed by atoms with van der Waals surface area (Å²) in [5, 5.41) is 11.2. The summed E-state index contributed by atoms with van der Waals surface area (Å²) in [5.74, 6) is 1.09. The van der Waals surface area contributed by atoms with Gasteiger partial charge in [0.2, 0.25) is 5.91 Å². The zero-order chi connectivity index (χ0) is 11.3.